The Labute approximate surface area is 195 Å². The number of carbonyl (C=O) groups excluding carboxylic acids is 3. The number of piperidine rings is 1. The number of anilines is 1. The van der Waals surface area contributed by atoms with Crippen LogP contribution in [-0.4, -0.2) is 53.6 Å². The summed E-state index contributed by atoms with van der Waals surface area (Å²) in [5, 5.41) is 3.02. The van der Waals surface area contributed by atoms with E-state index >= 15 is 0 Å². The van der Waals surface area contributed by atoms with Crippen LogP contribution < -0.4 is 10.2 Å². The van der Waals surface area contributed by atoms with Crippen molar-refractivity contribution >= 4 is 23.6 Å². The van der Waals surface area contributed by atoms with Crippen LogP contribution in [0.25, 0.3) is 0 Å². The molecule has 0 aromatic heterocycles. The lowest BCUT2D eigenvalue weighted by atomic mass is 9.95. The highest BCUT2D eigenvalue weighted by Gasteiger charge is 2.38. The van der Waals surface area contributed by atoms with E-state index in [1.54, 1.807) is 26.8 Å². The zero-order valence-corrected chi connectivity index (χ0v) is 19.9. The molecule has 1 N–H and O–H groups in total. The van der Waals surface area contributed by atoms with E-state index in [1.165, 1.54) is 34.4 Å². The second-order valence-electron chi connectivity index (χ2n) is 9.99. The summed E-state index contributed by atoms with van der Waals surface area (Å²) in [5.41, 5.74) is -0.391. The van der Waals surface area contributed by atoms with Gasteiger partial charge in [-0.15, -0.1) is 0 Å². The lowest BCUT2D eigenvalue weighted by Gasteiger charge is -2.38. The minimum absolute atomic E-state index is 0.101. The monoisotopic (exact) mass is 461 g/mol. The van der Waals surface area contributed by atoms with Crippen molar-refractivity contribution in [2.75, 3.05) is 18.0 Å². The quantitative estimate of drug-likeness (QED) is 0.705. The van der Waals surface area contributed by atoms with Crippen LogP contribution in [0.3, 0.4) is 0 Å². The standard InChI is InChI=1S/C25H36FN3O4/c1-25(2,3)33-24(32)28-15-8-7-14-21(28)23(31)29(20-13-9-10-18(26)16-20)17-22(30)27-19-11-5-4-6-12-19/h9-10,13,16,19,21H,4-8,11-12,14-15,17H2,1-3H3,(H,27,30). The van der Waals surface area contributed by atoms with Crippen LogP contribution >= 0.6 is 0 Å². The van der Waals surface area contributed by atoms with E-state index in [4.69, 9.17) is 4.74 Å². The molecule has 7 nitrogen and oxygen atoms in total. The fraction of sp³-hybridized carbons (Fsp3) is 0.640. The van der Waals surface area contributed by atoms with Gasteiger partial charge in [-0.2, -0.15) is 0 Å². The molecule has 3 amide bonds. The van der Waals surface area contributed by atoms with Gasteiger partial charge in [0.1, 0.15) is 24.0 Å². The molecule has 1 heterocycles. The lowest BCUT2D eigenvalue weighted by molar-refractivity contribution is -0.127. The summed E-state index contributed by atoms with van der Waals surface area (Å²) in [7, 11) is 0. The fourth-order valence-corrected chi connectivity index (χ4v) is 4.51. The Kier molecular flexibility index (Phi) is 8.32. The number of carbonyl (C=O) groups is 3. The fourth-order valence-electron chi connectivity index (χ4n) is 4.51. The summed E-state index contributed by atoms with van der Waals surface area (Å²) >= 11 is 0. The van der Waals surface area contributed by atoms with Gasteiger partial charge < -0.3 is 15.0 Å². The van der Waals surface area contributed by atoms with Gasteiger partial charge in [0.2, 0.25) is 11.8 Å². The molecular weight excluding hydrogens is 425 g/mol. The SMILES string of the molecule is CC(C)(C)OC(=O)N1CCCCC1C(=O)N(CC(=O)NC1CCCCC1)c1cccc(F)c1. The average Bonchev–Trinajstić information content (AvgIpc) is 2.76. The second-order valence-corrected chi connectivity index (χ2v) is 9.99. The predicted molar refractivity (Wildman–Crippen MR) is 124 cm³/mol. The van der Waals surface area contributed by atoms with Crippen LogP contribution in [-0.2, 0) is 14.3 Å². The van der Waals surface area contributed by atoms with Gasteiger partial charge in [0.25, 0.3) is 0 Å². The topological polar surface area (TPSA) is 79.0 Å². The number of hydrogen-bond acceptors (Lipinski definition) is 4. The van der Waals surface area contributed by atoms with E-state index in [-0.39, 0.29) is 18.5 Å². The largest absolute Gasteiger partial charge is 0.444 e. The number of hydrogen-bond donors (Lipinski definition) is 1. The highest BCUT2D eigenvalue weighted by molar-refractivity contribution is 6.02. The zero-order chi connectivity index (χ0) is 24.0. The van der Waals surface area contributed by atoms with Crippen LogP contribution in [0.15, 0.2) is 24.3 Å². The number of rotatable bonds is 5. The van der Waals surface area contributed by atoms with Crippen molar-refractivity contribution in [2.45, 2.75) is 89.8 Å². The van der Waals surface area contributed by atoms with Crippen molar-refractivity contribution in [3.05, 3.63) is 30.1 Å². The minimum Gasteiger partial charge on any atom is -0.444 e. The van der Waals surface area contributed by atoms with Gasteiger partial charge in [-0.1, -0.05) is 25.3 Å². The molecule has 1 aliphatic heterocycles. The van der Waals surface area contributed by atoms with Crippen LogP contribution in [0.4, 0.5) is 14.9 Å². The van der Waals surface area contributed by atoms with Gasteiger partial charge in [0.15, 0.2) is 0 Å². The summed E-state index contributed by atoms with van der Waals surface area (Å²) in [6, 6.07) is 4.99. The minimum atomic E-state index is -0.764. The number of amides is 3. The van der Waals surface area contributed by atoms with Crippen LogP contribution in [0.5, 0.6) is 0 Å². The molecule has 1 aromatic carbocycles. The van der Waals surface area contributed by atoms with Crippen molar-refractivity contribution in [2.24, 2.45) is 0 Å². The van der Waals surface area contributed by atoms with Crippen LogP contribution in [0, 0.1) is 5.82 Å². The molecule has 1 unspecified atom stereocenters. The first kappa shape index (κ1) is 25.0. The molecule has 1 saturated carbocycles. The third-order valence-corrected chi connectivity index (χ3v) is 6.07. The number of ether oxygens (including phenoxy) is 1. The van der Waals surface area contributed by atoms with Gasteiger partial charge in [0, 0.05) is 18.3 Å². The summed E-state index contributed by atoms with van der Waals surface area (Å²) < 4.78 is 19.5. The Morgan fingerprint density at radius 3 is 2.45 bits per heavy atom. The zero-order valence-electron chi connectivity index (χ0n) is 19.9. The third-order valence-electron chi connectivity index (χ3n) is 6.07. The number of nitrogens with one attached hydrogen (secondary N) is 1. The molecular formula is C25H36FN3O4. The summed E-state index contributed by atoms with van der Waals surface area (Å²) in [6.45, 7) is 5.51. The molecule has 33 heavy (non-hydrogen) atoms. The van der Waals surface area contributed by atoms with E-state index in [9.17, 15) is 18.8 Å². The van der Waals surface area contributed by atoms with Gasteiger partial charge in [-0.3, -0.25) is 14.5 Å². The molecule has 0 radical (unpaired) electrons. The molecule has 2 fully saturated rings. The molecule has 1 aromatic rings. The first-order chi connectivity index (χ1) is 15.6. The summed E-state index contributed by atoms with van der Waals surface area (Å²) in [4.78, 5) is 42.1. The normalized spacial score (nSPS) is 19.6. The van der Waals surface area contributed by atoms with Gasteiger partial charge in [-0.25, -0.2) is 9.18 Å². The van der Waals surface area contributed by atoms with Crippen LogP contribution in [0.1, 0.15) is 72.1 Å². The second kappa shape index (κ2) is 11.0. The predicted octanol–water partition coefficient (Wildman–Crippen LogP) is 4.40. The smallest absolute Gasteiger partial charge is 0.410 e. The van der Waals surface area contributed by atoms with Gasteiger partial charge in [0.05, 0.1) is 0 Å². The molecule has 0 spiro atoms. The number of benzene rings is 1. The molecule has 182 valence electrons. The molecule has 1 atom stereocenters. The Morgan fingerprint density at radius 2 is 1.79 bits per heavy atom. The van der Waals surface area contributed by atoms with Gasteiger partial charge in [-0.05, 0) is 71.1 Å². The molecule has 1 aliphatic carbocycles. The van der Waals surface area contributed by atoms with E-state index in [1.807, 2.05) is 0 Å². The maximum Gasteiger partial charge on any atom is 0.410 e. The van der Waals surface area contributed by atoms with Crippen molar-refractivity contribution in [1.82, 2.24) is 10.2 Å². The molecule has 3 rings (SSSR count). The van der Waals surface area contributed by atoms with Crippen molar-refractivity contribution in [1.29, 1.82) is 0 Å². The maximum atomic E-state index is 14.0. The first-order valence-corrected chi connectivity index (χ1v) is 12.0. The van der Waals surface area contributed by atoms with Gasteiger partial charge >= 0.3 is 6.09 Å². The Bertz CT molecular complexity index is 848. The van der Waals surface area contributed by atoms with E-state index in [0.29, 0.717) is 18.7 Å². The molecule has 2 aliphatic rings. The summed E-state index contributed by atoms with van der Waals surface area (Å²) in [5.74, 6) is -1.17. The Morgan fingerprint density at radius 1 is 1.09 bits per heavy atom. The lowest BCUT2D eigenvalue weighted by Crippen LogP contribution is -2.56. The highest BCUT2D eigenvalue weighted by Crippen LogP contribution is 2.25. The number of nitrogens with zero attached hydrogens (tertiary/aromatic N) is 2. The molecule has 0 bridgehead atoms. The van der Waals surface area contributed by atoms with E-state index in [0.717, 1.165) is 38.5 Å². The Balaban J connectivity index is 1.81. The molecule has 1 saturated heterocycles. The maximum absolute atomic E-state index is 14.0. The molecule has 8 heteroatoms. The highest BCUT2D eigenvalue weighted by atomic mass is 19.1. The van der Waals surface area contributed by atoms with Crippen molar-refractivity contribution in [3.8, 4) is 0 Å². The Hall–Kier alpha value is -2.64. The average molecular weight is 462 g/mol. The number of halogens is 1. The first-order valence-electron chi connectivity index (χ1n) is 12.0. The summed E-state index contributed by atoms with van der Waals surface area (Å²) in [6.07, 6.45) is 6.63. The van der Waals surface area contributed by atoms with Crippen molar-refractivity contribution in [3.63, 3.8) is 0 Å². The third kappa shape index (κ3) is 7.17. The van der Waals surface area contributed by atoms with E-state index < -0.39 is 29.5 Å². The number of likely N-dealkylation sites (tertiary alicyclic amines) is 1. The van der Waals surface area contributed by atoms with Crippen LogP contribution in [0.2, 0.25) is 0 Å². The van der Waals surface area contributed by atoms with E-state index in [2.05, 4.69) is 5.32 Å². The van der Waals surface area contributed by atoms with Crippen molar-refractivity contribution < 1.29 is 23.5 Å².